The van der Waals surface area contributed by atoms with Gasteiger partial charge in [-0.2, -0.15) is 5.10 Å². The minimum atomic E-state index is -0.00660. The van der Waals surface area contributed by atoms with E-state index in [4.69, 9.17) is 4.42 Å². The second-order valence-electron chi connectivity index (χ2n) is 5.45. The van der Waals surface area contributed by atoms with E-state index in [1.807, 2.05) is 48.4 Å². The SMILES string of the molecule is Cc1cnn(C[C@@H](C)N[C@H](C)c2nnc(-c3cccs3)o2)c1. The van der Waals surface area contributed by atoms with Gasteiger partial charge >= 0.3 is 0 Å². The number of nitrogens with one attached hydrogen (secondary N) is 1. The molecule has 0 aliphatic rings. The van der Waals surface area contributed by atoms with Crippen LogP contribution in [0.1, 0.15) is 31.3 Å². The Bertz CT molecular complexity index is 718. The molecule has 0 fully saturated rings. The topological polar surface area (TPSA) is 68.8 Å². The molecule has 7 heteroatoms. The molecule has 0 spiro atoms. The Morgan fingerprint density at radius 3 is 2.91 bits per heavy atom. The summed E-state index contributed by atoms with van der Waals surface area (Å²) in [5, 5.41) is 18.0. The standard InChI is InChI=1S/C15H19N5OS/c1-10-7-16-20(8-10)9-11(2)17-12(3)14-18-19-15(21-14)13-5-4-6-22-13/h4-8,11-12,17H,9H2,1-3H3/t11-,12-/m1/s1. The van der Waals surface area contributed by atoms with Crippen LogP contribution < -0.4 is 5.32 Å². The van der Waals surface area contributed by atoms with E-state index in [-0.39, 0.29) is 12.1 Å². The van der Waals surface area contributed by atoms with Gasteiger partial charge in [-0.1, -0.05) is 6.07 Å². The Morgan fingerprint density at radius 2 is 2.23 bits per heavy atom. The molecule has 3 heterocycles. The monoisotopic (exact) mass is 317 g/mol. The van der Waals surface area contributed by atoms with Crippen molar-refractivity contribution in [1.29, 1.82) is 0 Å². The molecule has 0 bridgehead atoms. The maximum atomic E-state index is 5.75. The minimum Gasteiger partial charge on any atom is -0.418 e. The molecule has 0 radical (unpaired) electrons. The average Bonchev–Trinajstić information content (AvgIpc) is 3.18. The zero-order valence-corrected chi connectivity index (χ0v) is 13.7. The summed E-state index contributed by atoms with van der Waals surface area (Å²) in [6.45, 7) is 6.97. The van der Waals surface area contributed by atoms with Crippen molar-refractivity contribution >= 4 is 11.3 Å². The zero-order valence-electron chi connectivity index (χ0n) is 12.9. The van der Waals surface area contributed by atoms with Crippen molar-refractivity contribution in [3.05, 3.63) is 41.4 Å². The van der Waals surface area contributed by atoms with Crippen molar-refractivity contribution in [3.63, 3.8) is 0 Å². The molecule has 3 rings (SSSR count). The van der Waals surface area contributed by atoms with E-state index in [1.165, 1.54) is 0 Å². The van der Waals surface area contributed by atoms with Crippen molar-refractivity contribution < 1.29 is 4.42 Å². The summed E-state index contributed by atoms with van der Waals surface area (Å²) in [6.07, 6.45) is 3.89. The molecule has 3 aromatic rings. The van der Waals surface area contributed by atoms with Gasteiger partial charge < -0.3 is 9.73 Å². The van der Waals surface area contributed by atoms with E-state index < -0.39 is 0 Å². The Balaban J connectivity index is 1.60. The van der Waals surface area contributed by atoms with Crippen molar-refractivity contribution in [3.8, 4) is 10.8 Å². The van der Waals surface area contributed by atoms with E-state index in [0.29, 0.717) is 11.8 Å². The van der Waals surface area contributed by atoms with Crippen LogP contribution in [0, 0.1) is 6.92 Å². The van der Waals surface area contributed by atoms with E-state index in [9.17, 15) is 0 Å². The Labute approximate surface area is 133 Å². The van der Waals surface area contributed by atoms with Gasteiger partial charge in [0, 0.05) is 12.2 Å². The van der Waals surface area contributed by atoms with Gasteiger partial charge in [0.1, 0.15) is 0 Å². The lowest BCUT2D eigenvalue weighted by molar-refractivity contribution is 0.362. The molecule has 6 nitrogen and oxygen atoms in total. The first-order chi connectivity index (χ1) is 10.6. The first-order valence-corrected chi connectivity index (χ1v) is 8.12. The van der Waals surface area contributed by atoms with E-state index in [2.05, 4.69) is 27.5 Å². The third kappa shape index (κ3) is 3.42. The van der Waals surface area contributed by atoms with Gasteiger partial charge in [-0.15, -0.1) is 21.5 Å². The average molecular weight is 317 g/mol. The summed E-state index contributed by atoms with van der Waals surface area (Å²) < 4.78 is 7.68. The van der Waals surface area contributed by atoms with Gasteiger partial charge in [0.05, 0.1) is 23.7 Å². The number of thiophene rings is 1. The highest BCUT2D eigenvalue weighted by Gasteiger charge is 2.17. The van der Waals surface area contributed by atoms with Gasteiger partial charge in [-0.25, -0.2) is 0 Å². The number of aromatic nitrogens is 4. The smallest absolute Gasteiger partial charge is 0.257 e. The molecule has 116 valence electrons. The van der Waals surface area contributed by atoms with Crippen LogP contribution in [0.3, 0.4) is 0 Å². The summed E-state index contributed by atoms with van der Waals surface area (Å²) in [5.74, 6) is 1.18. The Morgan fingerprint density at radius 1 is 1.36 bits per heavy atom. The molecule has 22 heavy (non-hydrogen) atoms. The molecule has 0 aliphatic carbocycles. The van der Waals surface area contributed by atoms with Gasteiger partial charge in [0.15, 0.2) is 0 Å². The third-order valence-electron chi connectivity index (χ3n) is 3.30. The van der Waals surface area contributed by atoms with Crippen molar-refractivity contribution in [2.75, 3.05) is 0 Å². The number of rotatable bonds is 6. The van der Waals surface area contributed by atoms with Crippen LogP contribution >= 0.6 is 11.3 Å². The second kappa shape index (κ2) is 6.41. The third-order valence-corrected chi connectivity index (χ3v) is 4.16. The molecule has 0 unspecified atom stereocenters. The first kappa shape index (κ1) is 14.9. The molecule has 1 N–H and O–H groups in total. The zero-order chi connectivity index (χ0) is 15.5. The maximum absolute atomic E-state index is 5.75. The van der Waals surface area contributed by atoms with Gasteiger partial charge in [-0.3, -0.25) is 4.68 Å². The van der Waals surface area contributed by atoms with Crippen molar-refractivity contribution in [1.82, 2.24) is 25.3 Å². The second-order valence-corrected chi connectivity index (χ2v) is 6.40. The lowest BCUT2D eigenvalue weighted by Crippen LogP contribution is -2.33. The lowest BCUT2D eigenvalue weighted by Gasteiger charge is -2.17. The Kier molecular flexibility index (Phi) is 4.35. The van der Waals surface area contributed by atoms with Crippen molar-refractivity contribution in [2.24, 2.45) is 0 Å². The molecule has 0 aromatic carbocycles. The van der Waals surface area contributed by atoms with Crippen LogP contribution in [0.4, 0.5) is 0 Å². The highest BCUT2D eigenvalue weighted by molar-refractivity contribution is 7.13. The summed E-state index contributed by atoms with van der Waals surface area (Å²) in [6, 6.07) is 4.18. The van der Waals surface area contributed by atoms with Gasteiger partial charge in [0.2, 0.25) is 5.89 Å². The van der Waals surface area contributed by atoms with Crippen LogP contribution in [-0.2, 0) is 6.54 Å². The largest absolute Gasteiger partial charge is 0.418 e. The van der Waals surface area contributed by atoms with Gasteiger partial charge in [-0.05, 0) is 37.8 Å². The highest BCUT2D eigenvalue weighted by Crippen LogP contribution is 2.24. The molecular formula is C15H19N5OS. The van der Waals surface area contributed by atoms with Crippen LogP contribution in [0.5, 0.6) is 0 Å². The summed E-state index contributed by atoms with van der Waals surface area (Å²) in [4.78, 5) is 0.992. The fourth-order valence-electron chi connectivity index (χ4n) is 2.31. The number of nitrogens with zero attached hydrogens (tertiary/aromatic N) is 4. The van der Waals surface area contributed by atoms with Crippen LogP contribution in [0.15, 0.2) is 34.3 Å². The number of aryl methyl sites for hydroxylation is 1. The quantitative estimate of drug-likeness (QED) is 0.757. The molecule has 0 aliphatic heterocycles. The summed E-state index contributed by atoms with van der Waals surface area (Å²) in [5.41, 5.74) is 1.16. The maximum Gasteiger partial charge on any atom is 0.257 e. The number of hydrogen-bond acceptors (Lipinski definition) is 6. The molecule has 0 saturated carbocycles. The van der Waals surface area contributed by atoms with E-state index >= 15 is 0 Å². The van der Waals surface area contributed by atoms with Gasteiger partial charge in [0.25, 0.3) is 5.89 Å². The Hall–Kier alpha value is -1.99. The van der Waals surface area contributed by atoms with E-state index in [0.717, 1.165) is 17.0 Å². The minimum absolute atomic E-state index is 0.00660. The van der Waals surface area contributed by atoms with Crippen LogP contribution in [0.25, 0.3) is 10.8 Å². The van der Waals surface area contributed by atoms with Crippen LogP contribution in [0.2, 0.25) is 0 Å². The molecule has 0 amide bonds. The number of hydrogen-bond donors (Lipinski definition) is 1. The highest BCUT2D eigenvalue weighted by atomic mass is 32.1. The molecule has 2 atom stereocenters. The first-order valence-electron chi connectivity index (χ1n) is 7.24. The molecular weight excluding hydrogens is 298 g/mol. The summed E-state index contributed by atoms with van der Waals surface area (Å²) >= 11 is 1.59. The fourth-order valence-corrected chi connectivity index (χ4v) is 2.95. The summed E-state index contributed by atoms with van der Waals surface area (Å²) in [7, 11) is 0. The molecule has 3 aromatic heterocycles. The fraction of sp³-hybridized carbons (Fsp3) is 0.400. The normalized spacial score (nSPS) is 14.1. The van der Waals surface area contributed by atoms with Crippen molar-refractivity contribution in [2.45, 2.75) is 39.4 Å². The van der Waals surface area contributed by atoms with Crippen LogP contribution in [-0.4, -0.2) is 26.0 Å². The molecule has 0 saturated heterocycles. The predicted molar refractivity (Wildman–Crippen MR) is 85.6 cm³/mol. The lowest BCUT2D eigenvalue weighted by atomic mass is 10.2. The predicted octanol–water partition coefficient (Wildman–Crippen LogP) is 3.04. The van der Waals surface area contributed by atoms with E-state index in [1.54, 1.807) is 11.3 Å².